The molecule has 1 aliphatic rings. The van der Waals surface area contributed by atoms with Gasteiger partial charge in [0.05, 0.1) is 13.2 Å². The topological polar surface area (TPSA) is 7.94 Å². The molecule has 0 N–H and O–H groups in total. The van der Waals surface area contributed by atoms with Crippen molar-refractivity contribution in [1.82, 2.24) is 9.14 Å². The van der Waals surface area contributed by atoms with Crippen LogP contribution >= 0.6 is 0 Å². The molecule has 1 radical (unpaired) electrons. The third-order valence-electron chi connectivity index (χ3n) is 5.83. The first-order chi connectivity index (χ1) is 14.8. The molecule has 1 aromatic heterocycles. The first kappa shape index (κ1) is 20.6. The summed E-state index contributed by atoms with van der Waals surface area (Å²) in [7, 11) is 2.07. The van der Waals surface area contributed by atoms with Crippen LogP contribution in [0.4, 0.5) is 5.69 Å². The van der Waals surface area contributed by atoms with E-state index in [1.807, 2.05) is 32.0 Å². The Morgan fingerprint density at radius 3 is 2.61 bits per heavy atom. The molecule has 5 rings (SSSR count). The molecule has 0 bridgehead atoms. The molecule has 3 heteroatoms. The van der Waals surface area contributed by atoms with E-state index in [9.17, 15) is 0 Å². The molecule has 0 spiro atoms. The van der Waals surface area contributed by atoms with Crippen LogP contribution in [-0.4, -0.2) is 4.57 Å². The van der Waals surface area contributed by atoms with Crippen LogP contribution in [0.1, 0.15) is 43.4 Å². The maximum atomic E-state index is 8.42. The van der Waals surface area contributed by atoms with E-state index in [1.165, 1.54) is 11.1 Å². The minimum absolute atomic E-state index is 0. The van der Waals surface area contributed by atoms with E-state index in [0.29, 0.717) is 0 Å². The summed E-state index contributed by atoms with van der Waals surface area (Å²) >= 11 is 0. The van der Waals surface area contributed by atoms with Crippen molar-refractivity contribution in [3.63, 3.8) is 0 Å². The Morgan fingerprint density at radius 2 is 1.87 bits per heavy atom. The van der Waals surface area contributed by atoms with Crippen LogP contribution < -0.4 is 10.1 Å². The van der Waals surface area contributed by atoms with Gasteiger partial charge in [0.2, 0.25) is 5.49 Å². The number of benzene rings is 3. The fourth-order valence-electron chi connectivity index (χ4n) is 4.24. The van der Waals surface area contributed by atoms with Crippen LogP contribution in [0.5, 0.6) is 0 Å². The Balaban J connectivity index is 0.00000245. The van der Waals surface area contributed by atoms with Gasteiger partial charge in [0.1, 0.15) is 0 Å². The Labute approximate surface area is 210 Å². The summed E-state index contributed by atoms with van der Waals surface area (Å²) in [5.41, 5.74) is 7.70. The maximum absolute atomic E-state index is 8.42. The average Bonchev–Trinajstić information content (AvgIpc) is 3.14. The smallest absolute Gasteiger partial charge is 0.229 e. The fraction of sp³-hybridized carbons (Fsp3) is 0.179. The number of rotatable bonds is 2. The minimum Gasteiger partial charge on any atom is -0.307 e. The zero-order chi connectivity index (χ0) is 21.8. The fourth-order valence-corrected chi connectivity index (χ4v) is 4.24. The van der Waals surface area contributed by atoms with E-state index in [0.717, 1.165) is 38.6 Å². The second-order valence-electron chi connectivity index (χ2n) is 8.12. The summed E-state index contributed by atoms with van der Waals surface area (Å²) in [6, 6.07) is 26.3. The summed E-state index contributed by atoms with van der Waals surface area (Å²) in [6.45, 7) is 6.01. The van der Waals surface area contributed by atoms with E-state index in [4.69, 9.17) is 1.37 Å². The third-order valence-corrected chi connectivity index (χ3v) is 5.83. The van der Waals surface area contributed by atoms with Crippen molar-refractivity contribution >= 4 is 22.0 Å². The van der Waals surface area contributed by atoms with Gasteiger partial charge < -0.3 is 4.58 Å². The van der Waals surface area contributed by atoms with E-state index in [1.54, 1.807) is 0 Å². The molecule has 3 aromatic carbocycles. The SMILES string of the molecule is [2H]C(C)(C)c1ccc2c(=[N+]3[C-]=C(c4[c-]cccc4)c4cccc(C)c43)n(C)ccc2c1.[Y]. The van der Waals surface area contributed by atoms with Crippen LogP contribution in [0.3, 0.4) is 0 Å². The van der Waals surface area contributed by atoms with Gasteiger partial charge in [-0.05, 0) is 35.4 Å². The van der Waals surface area contributed by atoms with Gasteiger partial charge in [0.15, 0.2) is 0 Å². The van der Waals surface area contributed by atoms with Crippen molar-refractivity contribution in [3.8, 4) is 0 Å². The van der Waals surface area contributed by atoms with Gasteiger partial charge in [-0.25, -0.2) is 5.56 Å². The summed E-state index contributed by atoms with van der Waals surface area (Å²) in [5.74, 6) is -0.633. The molecule has 2 nitrogen and oxygen atoms in total. The average molecular weight is 479 g/mol. The van der Waals surface area contributed by atoms with Gasteiger partial charge in [-0.15, -0.1) is 17.7 Å². The Hall–Kier alpha value is -2.29. The number of hydrogen-bond acceptors (Lipinski definition) is 0. The van der Waals surface area contributed by atoms with Crippen LogP contribution in [-0.2, 0) is 39.8 Å². The van der Waals surface area contributed by atoms with Crippen molar-refractivity contribution in [3.05, 3.63) is 113 Å². The standard InChI is InChI=1S/C28H25N2.Y/c1-19(2)22-13-14-24-23(17-22)15-16-29(4)28(24)30-18-26(21-10-6-5-7-11-21)25-12-8-9-20(3)27(25)30;/h5-10,12-17,19H,1-4H3;/q-1;/i19D;. The second kappa shape index (κ2) is 8.69. The number of aromatic nitrogens is 1. The van der Waals surface area contributed by atoms with Crippen LogP contribution in [0, 0.1) is 19.2 Å². The molecule has 0 aliphatic carbocycles. The van der Waals surface area contributed by atoms with E-state index in [2.05, 4.69) is 90.1 Å². The zero-order valence-electron chi connectivity index (χ0n) is 19.4. The second-order valence-corrected chi connectivity index (χ2v) is 8.12. The monoisotopic (exact) mass is 479 g/mol. The zero-order valence-corrected chi connectivity index (χ0v) is 21.2. The van der Waals surface area contributed by atoms with Gasteiger partial charge in [-0.1, -0.05) is 44.2 Å². The maximum Gasteiger partial charge on any atom is 0.229 e. The van der Waals surface area contributed by atoms with Gasteiger partial charge in [-0.3, -0.25) is 4.57 Å². The first-order valence-electron chi connectivity index (χ1n) is 10.8. The molecule has 0 saturated carbocycles. The number of nitrogens with zero attached hydrogens (tertiary/aromatic N) is 2. The van der Waals surface area contributed by atoms with Crippen molar-refractivity contribution in [2.24, 2.45) is 7.05 Å². The summed E-state index contributed by atoms with van der Waals surface area (Å²) in [6.07, 6.45) is 5.76. The van der Waals surface area contributed by atoms with E-state index in [-0.39, 0.29) is 32.7 Å². The summed E-state index contributed by atoms with van der Waals surface area (Å²) in [5, 5.41) is 2.26. The van der Waals surface area contributed by atoms with Crippen molar-refractivity contribution in [1.29, 1.82) is 0 Å². The van der Waals surface area contributed by atoms with Crippen molar-refractivity contribution in [2.75, 3.05) is 0 Å². The van der Waals surface area contributed by atoms with Gasteiger partial charge in [0, 0.05) is 51.4 Å². The van der Waals surface area contributed by atoms with E-state index >= 15 is 0 Å². The van der Waals surface area contributed by atoms with E-state index < -0.39 is 5.89 Å². The Morgan fingerprint density at radius 1 is 1.03 bits per heavy atom. The summed E-state index contributed by atoms with van der Waals surface area (Å²) < 4.78 is 12.8. The molecule has 0 fully saturated rings. The Bertz CT molecular complexity index is 1420. The Kier molecular flexibility index (Phi) is 5.77. The van der Waals surface area contributed by atoms with Gasteiger partial charge in [-0.2, -0.15) is 29.8 Å². The number of aryl methyl sites for hydroxylation is 2. The number of pyridine rings is 1. The number of fused-ring (bicyclic) bond motifs is 2. The van der Waals surface area contributed by atoms with Crippen LogP contribution in [0.15, 0.2) is 72.9 Å². The molecular formula is C28H25N2Y-. The largest absolute Gasteiger partial charge is 0.307 e. The predicted molar refractivity (Wildman–Crippen MR) is 124 cm³/mol. The molecule has 2 heterocycles. The molecule has 0 unspecified atom stereocenters. The number of hydrogen-bond donors (Lipinski definition) is 0. The normalized spacial score (nSPS) is 15.2. The summed E-state index contributed by atoms with van der Waals surface area (Å²) in [4.78, 5) is 0. The van der Waals surface area contributed by atoms with Gasteiger partial charge >= 0.3 is 0 Å². The molecule has 1 aliphatic heterocycles. The molecule has 151 valence electrons. The minimum atomic E-state index is -0.633. The van der Waals surface area contributed by atoms with Crippen molar-refractivity contribution in [2.45, 2.75) is 26.7 Å². The van der Waals surface area contributed by atoms with Crippen molar-refractivity contribution < 1.29 is 34.1 Å². The predicted octanol–water partition coefficient (Wildman–Crippen LogP) is 5.72. The van der Waals surface area contributed by atoms with Crippen LogP contribution in [0.2, 0.25) is 0 Å². The van der Waals surface area contributed by atoms with Gasteiger partial charge in [0.25, 0.3) is 0 Å². The molecule has 0 saturated heterocycles. The quantitative estimate of drug-likeness (QED) is 0.257. The molecule has 4 aromatic rings. The first-order valence-corrected chi connectivity index (χ1v) is 10.3. The molecule has 0 amide bonds. The molecule has 0 atom stereocenters. The number of para-hydroxylation sites is 1. The molecular weight excluding hydrogens is 453 g/mol. The third kappa shape index (κ3) is 3.77. The molecule has 31 heavy (non-hydrogen) atoms. The van der Waals surface area contributed by atoms with Crippen LogP contribution in [0.25, 0.3) is 16.3 Å².